The normalized spacial score (nSPS) is 12.3. The molecule has 0 aromatic carbocycles. The van der Waals surface area contributed by atoms with Crippen molar-refractivity contribution < 1.29 is 14.6 Å². The molecule has 0 radical (unpaired) electrons. The third kappa shape index (κ3) is 38.1. The van der Waals surface area contributed by atoms with Crippen LogP contribution in [0, 0.1) is 0 Å². The average molecular weight is 625 g/mol. The molecular formula is C41H84O3. The lowest BCUT2D eigenvalue weighted by molar-refractivity contribution is -0.0248. The standard InChI is InChI=1S/C41H84O3/c1-3-5-7-9-11-13-15-17-19-21-23-25-27-29-31-33-38-43-40-41(36-35-37-42)44-39-34-32-30-28-26-24-22-20-18-16-14-12-10-8-6-4-2/h41-42H,3-40H2,1-2H3. The van der Waals surface area contributed by atoms with E-state index < -0.39 is 0 Å². The number of aliphatic hydroxyl groups is 1. The summed E-state index contributed by atoms with van der Waals surface area (Å²) in [6.07, 6.45) is 46.7. The Bertz CT molecular complexity index is 482. The van der Waals surface area contributed by atoms with Gasteiger partial charge in [-0.3, -0.25) is 0 Å². The Morgan fingerprint density at radius 1 is 0.364 bits per heavy atom. The molecule has 0 saturated heterocycles. The molecule has 3 nitrogen and oxygen atoms in total. The lowest BCUT2D eigenvalue weighted by atomic mass is 10.0. The number of hydrogen-bond donors (Lipinski definition) is 1. The molecule has 44 heavy (non-hydrogen) atoms. The Labute approximate surface area is 278 Å². The molecule has 0 aliphatic rings. The fraction of sp³-hybridized carbons (Fsp3) is 1.00. The summed E-state index contributed by atoms with van der Waals surface area (Å²) in [6.45, 7) is 7.24. The van der Waals surface area contributed by atoms with Crippen molar-refractivity contribution in [2.24, 2.45) is 0 Å². The second-order valence-corrected chi connectivity index (χ2v) is 14.0. The predicted octanol–water partition coefficient (Wildman–Crippen LogP) is 13.7. The fourth-order valence-electron chi connectivity index (χ4n) is 6.40. The van der Waals surface area contributed by atoms with Crippen molar-refractivity contribution in [2.75, 3.05) is 26.4 Å². The zero-order chi connectivity index (χ0) is 31.9. The van der Waals surface area contributed by atoms with Crippen molar-refractivity contribution in [3.8, 4) is 0 Å². The van der Waals surface area contributed by atoms with Gasteiger partial charge in [-0.2, -0.15) is 0 Å². The fourth-order valence-corrected chi connectivity index (χ4v) is 6.40. The van der Waals surface area contributed by atoms with Gasteiger partial charge in [0.05, 0.1) is 12.7 Å². The van der Waals surface area contributed by atoms with Gasteiger partial charge < -0.3 is 14.6 Å². The van der Waals surface area contributed by atoms with E-state index in [-0.39, 0.29) is 12.7 Å². The van der Waals surface area contributed by atoms with Gasteiger partial charge in [0.1, 0.15) is 0 Å². The highest BCUT2D eigenvalue weighted by Gasteiger charge is 2.09. The van der Waals surface area contributed by atoms with Crippen molar-refractivity contribution in [1.82, 2.24) is 0 Å². The van der Waals surface area contributed by atoms with E-state index in [0.29, 0.717) is 6.61 Å². The Morgan fingerprint density at radius 2 is 0.659 bits per heavy atom. The van der Waals surface area contributed by atoms with Crippen LogP contribution in [0.15, 0.2) is 0 Å². The first-order chi connectivity index (χ1) is 21.8. The molecule has 3 heteroatoms. The van der Waals surface area contributed by atoms with Crippen LogP contribution in [0.3, 0.4) is 0 Å². The Morgan fingerprint density at radius 3 is 0.977 bits per heavy atom. The van der Waals surface area contributed by atoms with Gasteiger partial charge in [-0.05, 0) is 25.7 Å². The van der Waals surface area contributed by atoms with Crippen molar-refractivity contribution in [3.63, 3.8) is 0 Å². The molecule has 0 heterocycles. The molecule has 1 N–H and O–H groups in total. The van der Waals surface area contributed by atoms with Crippen molar-refractivity contribution in [2.45, 2.75) is 238 Å². The maximum atomic E-state index is 9.27. The maximum Gasteiger partial charge on any atom is 0.0809 e. The Hall–Kier alpha value is -0.120. The van der Waals surface area contributed by atoms with Gasteiger partial charge in [0.15, 0.2) is 0 Å². The lowest BCUT2D eigenvalue weighted by Gasteiger charge is -2.18. The van der Waals surface area contributed by atoms with Crippen molar-refractivity contribution in [3.05, 3.63) is 0 Å². The van der Waals surface area contributed by atoms with Crippen LogP contribution in [-0.4, -0.2) is 37.6 Å². The van der Waals surface area contributed by atoms with E-state index in [2.05, 4.69) is 13.8 Å². The van der Waals surface area contributed by atoms with Gasteiger partial charge in [0.25, 0.3) is 0 Å². The maximum absolute atomic E-state index is 9.27. The molecule has 0 aliphatic carbocycles. The Kier molecular flexibility index (Phi) is 40.8. The first-order valence-electron chi connectivity index (χ1n) is 20.6. The largest absolute Gasteiger partial charge is 0.396 e. The van der Waals surface area contributed by atoms with Gasteiger partial charge in [-0.1, -0.05) is 206 Å². The van der Waals surface area contributed by atoms with Gasteiger partial charge in [-0.15, -0.1) is 0 Å². The minimum Gasteiger partial charge on any atom is -0.396 e. The van der Waals surface area contributed by atoms with Crippen LogP contribution >= 0.6 is 0 Å². The molecule has 0 saturated carbocycles. The molecule has 266 valence electrons. The van der Waals surface area contributed by atoms with E-state index in [0.717, 1.165) is 32.5 Å². The average Bonchev–Trinajstić information content (AvgIpc) is 3.04. The van der Waals surface area contributed by atoms with Crippen LogP contribution in [-0.2, 0) is 9.47 Å². The van der Waals surface area contributed by atoms with Gasteiger partial charge in [0.2, 0.25) is 0 Å². The summed E-state index contributed by atoms with van der Waals surface area (Å²) in [6, 6.07) is 0. The molecule has 1 atom stereocenters. The molecule has 0 aliphatic heterocycles. The number of hydrogen-bond acceptors (Lipinski definition) is 3. The van der Waals surface area contributed by atoms with E-state index in [1.807, 2.05) is 0 Å². The zero-order valence-corrected chi connectivity index (χ0v) is 30.7. The second kappa shape index (κ2) is 40.9. The van der Waals surface area contributed by atoms with E-state index in [1.54, 1.807) is 0 Å². The molecule has 0 spiro atoms. The summed E-state index contributed by atoms with van der Waals surface area (Å²) < 4.78 is 12.1. The van der Waals surface area contributed by atoms with E-state index in [4.69, 9.17) is 9.47 Å². The highest BCUT2D eigenvalue weighted by Crippen LogP contribution is 2.16. The van der Waals surface area contributed by atoms with Crippen molar-refractivity contribution in [1.29, 1.82) is 0 Å². The third-order valence-electron chi connectivity index (χ3n) is 9.48. The summed E-state index contributed by atoms with van der Waals surface area (Å²) in [7, 11) is 0. The first-order valence-corrected chi connectivity index (χ1v) is 20.6. The molecule has 1 unspecified atom stereocenters. The minimum atomic E-state index is 0.152. The lowest BCUT2D eigenvalue weighted by Crippen LogP contribution is -2.21. The molecule has 0 rings (SSSR count). The molecule has 0 amide bonds. The first kappa shape index (κ1) is 43.9. The number of aliphatic hydroxyl groups excluding tert-OH is 1. The number of ether oxygens (including phenoxy) is 2. The van der Waals surface area contributed by atoms with E-state index in [9.17, 15) is 5.11 Å². The summed E-state index contributed by atoms with van der Waals surface area (Å²) >= 11 is 0. The molecule has 0 aromatic heterocycles. The monoisotopic (exact) mass is 625 g/mol. The van der Waals surface area contributed by atoms with Gasteiger partial charge in [-0.25, -0.2) is 0 Å². The summed E-state index contributed by atoms with van der Waals surface area (Å²) in [5.74, 6) is 0. The van der Waals surface area contributed by atoms with E-state index in [1.165, 1.54) is 199 Å². The van der Waals surface area contributed by atoms with Crippen LogP contribution in [0.4, 0.5) is 0 Å². The quantitative estimate of drug-likeness (QED) is 0.0689. The van der Waals surface area contributed by atoms with Gasteiger partial charge in [0, 0.05) is 19.8 Å². The summed E-state index contributed by atoms with van der Waals surface area (Å²) in [5, 5.41) is 9.27. The zero-order valence-electron chi connectivity index (χ0n) is 30.7. The van der Waals surface area contributed by atoms with Gasteiger partial charge >= 0.3 is 0 Å². The highest BCUT2D eigenvalue weighted by molar-refractivity contribution is 4.58. The number of unbranched alkanes of at least 4 members (excludes halogenated alkanes) is 30. The SMILES string of the molecule is CCCCCCCCCCCCCCCCCCOCC(CCCO)OCCCCCCCCCCCCCCCCCC. The van der Waals surface area contributed by atoms with Crippen LogP contribution in [0.1, 0.15) is 232 Å². The number of rotatable bonds is 40. The molecular weight excluding hydrogens is 540 g/mol. The van der Waals surface area contributed by atoms with Crippen LogP contribution in [0.5, 0.6) is 0 Å². The summed E-state index contributed by atoms with van der Waals surface area (Å²) in [4.78, 5) is 0. The molecule has 0 fully saturated rings. The van der Waals surface area contributed by atoms with Crippen LogP contribution < -0.4 is 0 Å². The van der Waals surface area contributed by atoms with Crippen LogP contribution in [0.25, 0.3) is 0 Å². The van der Waals surface area contributed by atoms with Crippen LogP contribution in [0.2, 0.25) is 0 Å². The summed E-state index contributed by atoms with van der Waals surface area (Å²) in [5.41, 5.74) is 0. The molecule has 0 bridgehead atoms. The van der Waals surface area contributed by atoms with E-state index >= 15 is 0 Å². The molecule has 0 aromatic rings. The minimum absolute atomic E-state index is 0.152. The predicted molar refractivity (Wildman–Crippen MR) is 196 cm³/mol. The van der Waals surface area contributed by atoms with Crippen molar-refractivity contribution >= 4 is 0 Å². The highest BCUT2D eigenvalue weighted by atomic mass is 16.5. The smallest absolute Gasteiger partial charge is 0.0809 e. The second-order valence-electron chi connectivity index (χ2n) is 14.0. The third-order valence-corrected chi connectivity index (χ3v) is 9.48. The Balaban J connectivity index is 3.43. The topological polar surface area (TPSA) is 38.7 Å².